The van der Waals surface area contributed by atoms with E-state index in [9.17, 15) is 19.7 Å². The molecule has 168 valence electrons. The summed E-state index contributed by atoms with van der Waals surface area (Å²) in [5, 5.41) is 14.1. The van der Waals surface area contributed by atoms with Crippen molar-refractivity contribution < 1.29 is 24.0 Å². The predicted molar refractivity (Wildman–Crippen MR) is 119 cm³/mol. The number of anilines is 1. The molecule has 1 N–H and O–H groups in total. The van der Waals surface area contributed by atoms with E-state index in [0.717, 1.165) is 11.3 Å². The summed E-state index contributed by atoms with van der Waals surface area (Å²) in [6.07, 6.45) is 1.35. The number of amides is 2. The van der Waals surface area contributed by atoms with Gasteiger partial charge in [0, 0.05) is 44.1 Å². The van der Waals surface area contributed by atoms with Crippen LogP contribution in [0.5, 0.6) is 5.75 Å². The second kappa shape index (κ2) is 10.5. The van der Waals surface area contributed by atoms with Crippen molar-refractivity contribution in [1.82, 2.24) is 4.90 Å². The highest BCUT2D eigenvalue weighted by molar-refractivity contribution is 6.36. The van der Waals surface area contributed by atoms with Crippen LogP contribution >= 0.6 is 0 Å². The standard InChI is InChI=1S/C23H25N3O6/c1-3-13-32-19-7-4-6-17(15-19)24-21-20(16-8-10-18(11-9-16)26(29)30)22(27)25(23(21)28)12-5-14-31-2/h4,6-11,15,24H,3,5,12-14H2,1-2H3. The van der Waals surface area contributed by atoms with Crippen molar-refractivity contribution in [3.63, 3.8) is 0 Å². The Morgan fingerprint density at radius 3 is 2.47 bits per heavy atom. The number of carbonyl (C=O) groups is 2. The van der Waals surface area contributed by atoms with Gasteiger partial charge in [0.25, 0.3) is 17.5 Å². The van der Waals surface area contributed by atoms with Crippen molar-refractivity contribution in [3.05, 3.63) is 69.9 Å². The molecule has 2 aromatic rings. The maximum Gasteiger partial charge on any atom is 0.278 e. The lowest BCUT2D eigenvalue weighted by atomic mass is 10.0. The fraction of sp³-hybridized carbons (Fsp3) is 0.304. The average Bonchev–Trinajstić information content (AvgIpc) is 3.02. The molecule has 0 saturated carbocycles. The Morgan fingerprint density at radius 1 is 1.06 bits per heavy atom. The van der Waals surface area contributed by atoms with Gasteiger partial charge in [-0.2, -0.15) is 0 Å². The molecule has 3 rings (SSSR count). The number of imide groups is 1. The maximum atomic E-state index is 13.1. The molecule has 1 heterocycles. The number of ether oxygens (including phenoxy) is 2. The van der Waals surface area contributed by atoms with Gasteiger partial charge in [-0.15, -0.1) is 0 Å². The third kappa shape index (κ3) is 5.12. The normalized spacial score (nSPS) is 13.6. The van der Waals surface area contributed by atoms with E-state index >= 15 is 0 Å². The van der Waals surface area contributed by atoms with Crippen molar-refractivity contribution >= 4 is 28.8 Å². The number of nitro benzene ring substituents is 1. The van der Waals surface area contributed by atoms with Gasteiger partial charge in [0.05, 0.1) is 17.1 Å². The number of hydrogen-bond acceptors (Lipinski definition) is 7. The molecule has 0 aromatic heterocycles. The predicted octanol–water partition coefficient (Wildman–Crippen LogP) is 3.61. The van der Waals surface area contributed by atoms with E-state index in [1.54, 1.807) is 25.3 Å². The molecular formula is C23H25N3O6. The molecule has 1 aliphatic rings. The van der Waals surface area contributed by atoms with Gasteiger partial charge in [-0.05, 0) is 42.7 Å². The first kappa shape index (κ1) is 23.0. The number of rotatable bonds is 11. The Bertz CT molecular complexity index is 1030. The van der Waals surface area contributed by atoms with E-state index in [0.29, 0.717) is 36.6 Å². The molecule has 2 amide bonds. The molecule has 9 heteroatoms. The summed E-state index contributed by atoms with van der Waals surface area (Å²) in [5.41, 5.74) is 1.20. The van der Waals surface area contributed by atoms with Crippen molar-refractivity contribution in [2.24, 2.45) is 0 Å². The summed E-state index contributed by atoms with van der Waals surface area (Å²) in [6, 6.07) is 12.7. The van der Waals surface area contributed by atoms with Crippen LogP contribution in [-0.2, 0) is 14.3 Å². The van der Waals surface area contributed by atoms with Crippen LogP contribution in [0.1, 0.15) is 25.3 Å². The fourth-order valence-electron chi connectivity index (χ4n) is 3.31. The maximum absolute atomic E-state index is 13.1. The van der Waals surface area contributed by atoms with Crippen molar-refractivity contribution in [1.29, 1.82) is 0 Å². The summed E-state index contributed by atoms with van der Waals surface area (Å²) < 4.78 is 10.7. The van der Waals surface area contributed by atoms with Gasteiger partial charge < -0.3 is 14.8 Å². The molecule has 0 atom stereocenters. The second-order valence-corrected chi connectivity index (χ2v) is 7.16. The summed E-state index contributed by atoms with van der Waals surface area (Å²) >= 11 is 0. The summed E-state index contributed by atoms with van der Waals surface area (Å²) in [7, 11) is 1.55. The quantitative estimate of drug-likeness (QED) is 0.246. The van der Waals surface area contributed by atoms with Gasteiger partial charge in [0.1, 0.15) is 11.4 Å². The third-order valence-electron chi connectivity index (χ3n) is 4.84. The lowest BCUT2D eigenvalue weighted by Crippen LogP contribution is -2.33. The molecule has 0 spiro atoms. The second-order valence-electron chi connectivity index (χ2n) is 7.16. The molecule has 1 aliphatic heterocycles. The van der Waals surface area contributed by atoms with E-state index in [1.807, 2.05) is 13.0 Å². The molecule has 0 fully saturated rings. The number of carbonyl (C=O) groups excluding carboxylic acids is 2. The molecule has 0 saturated heterocycles. The SMILES string of the molecule is CCCOc1cccc(NC2=C(c3ccc([N+](=O)[O-])cc3)C(=O)N(CCCOC)C2=O)c1. The summed E-state index contributed by atoms with van der Waals surface area (Å²) in [4.78, 5) is 37.9. The molecular weight excluding hydrogens is 414 g/mol. The van der Waals surface area contributed by atoms with E-state index < -0.39 is 16.7 Å². The van der Waals surface area contributed by atoms with Gasteiger partial charge in [-0.25, -0.2) is 0 Å². The van der Waals surface area contributed by atoms with Gasteiger partial charge >= 0.3 is 0 Å². The molecule has 32 heavy (non-hydrogen) atoms. The Labute approximate surface area is 185 Å². The minimum atomic E-state index is -0.516. The Hall–Kier alpha value is -3.72. The molecule has 0 unspecified atom stereocenters. The number of nitro groups is 1. The van der Waals surface area contributed by atoms with E-state index in [2.05, 4.69) is 5.32 Å². The van der Waals surface area contributed by atoms with Gasteiger partial charge in [-0.3, -0.25) is 24.6 Å². The van der Waals surface area contributed by atoms with Crippen LogP contribution in [-0.4, -0.2) is 48.5 Å². The zero-order valence-electron chi connectivity index (χ0n) is 18.0. The smallest absolute Gasteiger partial charge is 0.278 e. The number of non-ortho nitro benzene ring substituents is 1. The minimum absolute atomic E-state index is 0.0987. The first-order valence-corrected chi connectivity index (χ1v) is 10.3. The fourth-order valence-corrected chi connectivity index (χ4v) is 3.31. The number of methoxy groups -OCH3 is 1. The number of nitrogens with one attached hydrogen (secondary N) is 1. The van der Waals surface area contributed by atoms with Crippen molar-refractivity contribution in [3.8, 4) is 5.75 Å². The van der Waals surface area contributed by atoms with E-state index in [1.165, 1.54) is 24.3 Å². The van der Waals surface area contributed by atoms with Crippen LogP contribution in [0.15, 0.2) is 54.2 Å². The van der Waals surface area contributed by atoms with Gasteiger partial charge in [0.15, 0.2) is 0 Å². The number of benzene rings is 2. The molecule has 0 radical (unpaired) electrons. The zero-order valence-corrected chi connectivity index (χ0v) is 18.0. The highest BCUT2D eigenvalue weighted by Gasteiger charge is 2.39. The Morgan fingerprint density at radius 2 is 1.81 bits per heavy atom. The molecule has 0 bridgehead atoms. The summed E-state index contributed by atoms with van der Waals surface area (Å²) in [6.45, 7) is 3.17. The topological polar surface area (TPSA) is 111 Å². The average molecular weight is 439 g/mol. The van der Waals surface area contributed by atoms with Crippen LogP contribution in [0.25, 0.3) is 5.57 Å². The van der Waals surface area contributed by atoms with Crippen LogP contribution in [0, 0.1) is 10.1 Å². The minimum Gasteiger partial charge on any atom is -0.494 e. The van der Waals surface area contributed by atoms with Crippen LogP contribution < -0.4 is 10.1 Å². The third-order valence-corrected chi connectivity index (χ3v) is 4.84. The van der Waals surface area contributed by atoms with Gasteiger partial charge in [-0.1, -0.05) is 13.0 Å². The van der Waals surface area contributed by atoms with Crippen molar-refractivity contribution in [2.75, 3.05) is 32.2 Å². The molecule has 2 aromatic carbocycles. The monoisotopic (exact) mass is 439 g/mol. The summed E-state index contributed by atoms with van der Waals surface area (Å²) in [5.74, 6) is -0.275. The highest BCUT2D eigenvalue weighted by atomic mass is 16.6. The first-order chi connectivity index (χ1) is 15.5. The lowest BCUT2D eigenvalue weighted by Gasteiger charge is -2.15. The first-order valence-electron chi connectivity index (χ1n) is 10.3. The zero-order chi connectivity index (χ0) is 23.1. The van der Waals surface area contributed by atoms with Crippen LogP contribution in [0.3, 0.4) is 0 Å². The molecule has 0 aliphatic carbocycles. The van der Waals surface area contributed by atoms with Gasteiger partial charge in [0.2, 0.25) is 0 Å². The number of hydrogen-bond donors (Lipinski definition) is 1. The van der Waals surface area contributed by atoms with Crippen LogP contribution in [0.2, 0.25) is 0 Å². The highest BCUT2D eigenvalue weighted by Crippen LogP contribution is 2.32. The molecule has 9 nitrogen and oxygen atoms in total. The van der Waals surface area contributed by atoms with Crippen molar-refractivity contribution in [2.45, 2.75) is 19.8 Å². The largest absolute Gasteiger partial charge is 0.494 e. The van der Waals surface area contributed by atoms with E-state index in [4.69, 9.17) is 9.47 Å². The Kier molecular flexibility index (Phi) is 7.56. The Balaban J connectivity index is 1.96. The van der Waals surface area contributed by atoms with E-state index in [-0.39, 0.29) is 23.5 Å². The number of nitrogens with zero attached hydrogens (tertiary/aromatic N) is 2. The lowest BCUT2D eigenvalue weighted by molar-refractivity contribution is -0.384. The van der Waals surface area contributed by atoms with Crippen LogP contribution in [0.4, 0.5) is 11.4 Å².